The van der Waals surface area contributed by atoms with Crippen molar-refractivity contribution >= 4 is 11.1 Å². The number of para-hydroxylation sites is 1. The van der Waals surface area contributed by atoms with E-state index in [2.05, 4.69) is 24.9 Å². The Bertz CT molecular complexity index is 429. The van der Waals surface area contributed by atoms with E-state index in [0.717, 1.165) is 17.0 Å². The predicted molar refractivity (Wildman–Crippen MR) is 64.2 cm³/mol. The summed E-state index contributed by atoms with van der Waals surface area (Å²) in [4.78, 5) is 4.29. The second-order valence-corrected chi connectivity index (χ2v) is 3.58. The lowest BCUT2D eigenvalue weighted by atomic mass is 10.0. The Hall–Kier alpha value is -1.31. The maximum Gasteiger partial charge on any atom is 0.192 e. The average molecular weight is 205 g/mol. The summed E-state index contributed by atoms with van der Waals surface area (Å²) in [6.07, 6.45) is 0. The molecule has 0 saturated carbocycles. The van der Waals surface area contributed by atoms with E-state index in [4.69, 9.17) is 4.42 Å². The first-order valence-electron chi connectivity index (χ1n) is 5.54. The fourth-order valence-corrected chi connectivity index (χ4v) is 1.54. The van der Waals surface area contributed by atoms with Crippen molar-refractivity contribution in [1.82, 2.24) is 4.98 Å². The lowest BCUT2D eigenvalue weighted by molar-refractivity contribution is 0.555. The molecule has 0 spiro atoms. The van der Waals surface area contributed by atoms with Gasteiger partial charge in [0.2, 0.25) is 0 Å². The van der Waals surface area contributed by atoms with Crippen LogP contribution >= 0.6 is 0 Å². The number of oxazole rings is 1. The van der Waals surface area contributed by atoms with E-state index in [1.807, 2.05) is 32.9 Å². The molecule has 1 heterocycles. The Balaban J connectivity index is 0.000000531. The van der Waals surface area contributed by atoms with Crippen molar-refractivity contribution < 1.29 is 4.42 Å². The van der Waals surface area contributed by atoms with E-state index in [0.29, 0.717) is 5.92 Å². The minimum atomic E-state index is 0.482. The molecule has 1 aromatic carbocycles. The highest BCUT2D eigenvalue weighted by Crippen LogP contribution is 2.25. The van der Waals surface area contributed by atoms with Crippen molar-refractivity contribution in [2.24, 2.45) is 0 Å². The van der Waals surface area contributed by atoms with Gasteiger partial charge in [0.15, 0.2) is 11.5 Å². The fourth-order valence-electron chi connectivity index (χ4n) is 1.54. The molecule has 0 aliphatic heterocycles. The van der Waals surface area contributed by atoms with E-state index in [-0.39, 0.29) is 0 Å². The first-order chi connectivity index (χ1) is 7.18. The number of aromatic nitrogens is 1. The molecule has 2 heteroatoms. The molecule has 0 bridgehead atoms. The molecule has 82 valence electrons. The fraction of sp³-hybridized carbons (Fsp3) is 0.462. The van der Waals surface area contributed by atoms with Crippen molar-refractivity contribution in [3.63, 3.8) is 0 Å². The van der Waals surface area contributed by atoms with Gasteiger partial charge in [-0.05, 0) is 17.5 Å². The summed E-state index contributed by atoms with van der Waals surface area (Å²) >= 11 is 0. The molecule has 2 nitrogen and oxygen atoms in total. The number of hydrogen-bond acceptors (Lipinski definition) is 2. The highest BCUT2D eigenvalue weighted by molar-refractivity contribution is 5.76. The molecule has 15 heavy (non-hydrogen) atoms. The van der Waals surface area contributed by atoms with Crippen LogP contribution in [-0.2, 0) is 0 Å². The van der Waals surface area contributed by atoms with Gasteiger partial charge in [-0.2, -0.15) is 0 Å². The quantitative estimate of drug-likeness (QED) is 0.694. The second-order valence-electron chi connectivity index (χ2n) is 3.58. The summed E-state index contributed by atoms with van der Waals surface area (Å²) in [5.41, 5.74) is 3.14. The summed E-state index contributed by atoms with van der Waals surface area (Å²) in [6.45, 7) is 10.2. The molecule has 0 aliphatic rings. The summed E-state index contributed by atoms with van der Waals surface area (Å²) in [5.74, 6) is 1.22. The smallest absolute Gasteiger partial charge is 0.192 e. The maximum absolute atomic E-state index is 5.55. The van der Waals surface area contributed by atoms with Gasteiger partial charge in [-0.1, -0.05) is 39.8 Å². The second kappa shape index (κ2) is 4.96. The molecule has 1 aromatic heterocycles. The lowest BCUT2D eigenvalue weighted by Crippen LogP contribution is -1.86. The number of benzene rings is 1. The highest BCUT2D eigenvalue weighted by Gasteiger charge is 2.09. The zero-order valence-electron chi connectivity index (χ0n) is 10.2. The Labute approximate surface area is 91.3 Å². The van der Waals surface area contributed by atoms with Crippen LogP contribution in [0.1, 0.15) is 45.1 Å². The Kier molecular flexibility index (Phi) is 3.89. The number of aryl methyl sites for hydroxylation is 1. The molecular formula is C13H19NO. The van der Waals surface area contributed by atoms with Gasteiger partial charge in [0.05, 0.1) is 0 Å². The van der Waals surface area contributed by atoms with Gasteiger partial charge in [0.1, 0.15) is 5.52 Å². The summed E-state index contributed by atoms with van der Waals surface area (Å²) in [7, 11) is 0. The van der Waals surface area contributed by atoms with Gasteiger partial charge < -0.3 is 4.42 Å². The topological polar surface area (TPSA) is 26.0 Å². The van der Waals surface area contributed by atoms with Crippen LogP contribution in [0.15, 0.2) is 22.6 Å². The molecule has 0 N–H and O–H groups in total. The molecule has 0 atom stereocenters. The van der Waals surface area contributed by atoms with Gasteiger partial charge in [0, 0.05) is 6.92 Å². The summed E-state index contributed by atoms with van der Waals surface area (Å²) in [6, 6.07) is 6.11. The van der Waals surface area contributed by atoms with Crippen LogP contribution in [0, 0.1) is 6.92 Å². The van der Waals surface area contributed by atoms with Gasteiger partial charge in [-0.3, -0.25) is 0 Å². The summed E-state index contributed by atoms with van der Waals surface area (Å²) in [5, 5.41) is 0. The monoisotopic (exact) mass is 205 g/mol. The third-order valence-corrected chi connectivity index (χ3v) is 2.17. The number of hydrogen-bond donors (Lipinski definition) is 0. The highest BCUT2D eigenvalue weighted by atomic mass is 16.3. The van der Waals surface area contributed by atoms with Crippen molar-refractivity contribution in [3.8, 4) is 0 Å². The number of fused-ring (bicyclic) bond motifs is 1. The molecule has 0 unspecified atom stereocenters. The molecule has 0 saturated heterocycles. The van der Waals surface area contributed by atoms with Crippen molar-refractivity contribution in [2.75, 3.05) is 0 Å². The standard InChI is InChI=1S/C11H13NO.C2H6/c1-7(2)9-5-4-6-10-11(9)13-8(3)12-10;1-2/h4-7H,1-3H3;1-2H3. The average Bonchev–Trinajstić information content (AvgIpc) is 2.60. The molecule has 2 rings (SSSR count). The third kappa shape index (κ3) is 2.38. The van der Waals surface area contributed by atoms with Crippen molar-refractivity contribution in [3.05, 3.63) is 29.7 Å². The molecule has 2 aromatic rings. The van der Waals surface area contributed by atoms with Gasteiger partial charge in [-0.25, -0.2) is 4.98 Å². The zero-order valence-corrected chi connectivity index (χ0v) is 10.2. The van der Waals surface area contributed by atoms with Crippen LogP contribution < -0.4 is 0 Å². The maximum atomic E-state index is 5.55. The van der Waals surface area contributed by atoms with Crippen molar-refractivity contribution in [2.45, 2.75) is 40.5 Å². The van der Waals surface area contributed by atoms with Crippen molar-refractivity contribution in [1.29, 1.82) is 0 Å². The zero-order chi connectivity index (χ0) is 11.4. The molecule has 0 amide bonds. The Morgan fingerprint density at radius 1 is 1.20 bits per heavy atom. The van der Waals surface area contributed by atoms with Crippen LogP contribution in [0.3, 0.4) is 0 Å². The minimum Gasteiger partial charge on any atom is -0.441 e. The first-order valence-corrected chi connectivity index (χ1v) is 5.54. The van der Waals surface area contributed by atoms with Crippen LogP contribution in [0.5, 0.6) is 0 Å². The molecule has 0 aliphatic carbocycles. The number of rotatable bonds is 1. The predicted octanol–water partition coefficient (Wildman–Crippen LogP) is 4.29. The van der Waals surface area contributed by atoms with E-state index in [1.54, 1.807) is 0 Å². The first kappa shape index (κ1) is 11.8. The van der Waals surface area contributed by atoms with Gasteiger partial charge >= 0.3 is 0 Å². The normalized spacial score (nSPS) is 10.3. The molecule has 0 radical (unpaired) electrons. The van der Waals surface area contributed by atoms with E-state index >= 15 is 0 Å². The van der Waals surface area contributed by atoms with Crippen LogP contribution in [0.2, 0.25) is 0 Å². The largest absolute Gasteiger partial charge is 0.441 e. The van der Waals surface area contributed by atoms with Crippen LogP contribution in [0.25, 0.3) is 11.1 Å². The Morgan fingerprint density at radius 2 is 1.87 bits per heavy atom. The molecular weight excluding hydrogens is 186 g/mol. The third-order valence-electron chi connectivity index (χ3n) is 2.17. The summed E-state index contributed by atoms with van der Waals surface area (Å²) < 4.78 is 5.55. The minimum absolute atomic E-state index is 0.482. The SMILES string of the molecule is CC.Cc1nc2cccc(C(C)C)c2o1. The van der Waals surface area contributed by atoms with Gasteiger partial charge in [0.25, 0.3) is 0 Å². The van der Waals surface area contributed by atoms with E-state index < -0.39 is 0 Å². The van der Waals surface area contributed by atoms with E-state index in [1.165, 1.54) is 5.56 Å². The van der Waals surface area contributed by atoms with Crippen LogP contribution in [-0.4, -0.2) is 4.98 Å². The molecule has 0 fully saturated rings. The Morgan fingerprint density at radius 3 is 2.47 bits per heavy atom. The van der Waals surface area contributed by atoms with Crippen LogP contribution in [0.4, 0.5) is 0 Å². The number of nitrogens with zero attached hydrogens (tertiary/aromatic N) is 1. The van der Waals surface area contributed by atoms with Gasteiger partial charge in [-0.15, -0.1) is 0 Å². The van der Waals surface area contributed by atoms with E-state index in [9.17, 15) is 0 Å². The lowest BCUT2D eigenvalue weighted by Gasteiger charge is -2.03.